The Balaban J connectivity index is 2.02. The molecule has 0 saturated heterocycles. The Hall–Kier alpha value is -1.84. The summed E-state index contributed by atoms with van der Waals surface area (Å²) in [6.45, 7) is 1.71. The molecule has 0 radical (unpaired) electrons. The summed E-state index contributed by atoms with van der Waals surface area (Å²) in [6, 6.07) is 14.2. The minimum absolute atomic E-state index is 0.206. The van der Waals surface area contributed by atoms with Crippen molar-refractivity contribution in [1.29, 1.82) is 0 Å². The Bertz CT molecular complexity index is 893. The monoisotopic (exact) mass is 461 g/mol. The zero-order chi connectivity index (χ0) is 22.9. The van der Waals surface area contributed by atoms with Gasteiger partial charge in [0.25, 0.3) is 0 Å². The molecule has 9 heteroatoms. The first-order valence-electron chi connectivity index (χ1n) is 9.79. The molecule has 0 fully saturated rings. The normalized spacial score (nSPS) is 23.0. The highest BCUT2D eigenvalue weighted by atomic mass is 32.2. The van der Waals surface area contributed by atoms with Crippen molar-refractivity contribution in [2.45, 2.75) is 54.4 Å². The molecule has 3 nitrogen and oxygen atoms in total. The molecule has 0 aromatic heterocycles. The number of thioether (sulfide) groups is 1. The van der Waals surface area contributed by atoms with E-state index in [4.69, 9.17) is 4.74 Å². The van der Waals surface area contributed by atoms with E-state index >= 15 is 0 Å². The number of hydrogen-bond acceptors (Lipinski definition) is 4. The van der Waals surface area contributed by atoms with Crippen molar-refractivity contribution in [2.24, 2.45) is 0 Å². The minimum Gasteiger partial charge on any atom is -0.497 e. The van der Waals surface area contributed by atoms with Crippen LogP contribution in [0.1, 0.15) is 36.9 Å². The molecule has 0 amide bonds. The number of fused-ring (bicyclic) bond motifs is 1. The second kappa shape index (κ2) is 8.96. The first-order chi connectivity index (χ1) is 14.5. The van der Waals surface area contributed by atoms with Crippen LogP contribution in [0, 0.1) is 0 Å². The summed E-state index contributed by atoms with van der Waals surface area (Å²) >= 11 is 1.35. The second-order valence-corrected chi connectivity index (χ2v) is 8.67. The fourth-order valence-electron chi connectivity index (χ4n) is 3.71. The van der Waals surface area contributed by atoms with Crippen LogP contribution in [-0.2, 0) is 0 Å². The molecule has 0 spiro atoms. The summed E-state index contributed by atoms with van der Waals surface area (Å²) in [5.74, 6) is -4.38. The number of aliphatic hydroxyl groups is 1. The van der Waals surface area contributed by atoms with Crippen molar-refractivity contribution >= 4 is 11.8 Å². The predicted molar refractivity (Wildman–Crippen MR) is 110 cm³/mol. The first kappa shape index (κ1) is 23.8. The van der Waals surface area contributed by atoms with Crippen molar-refractivity contribution in [3.8, 4) is 5.75 Å². The maximum atomic E-state index is 13.8. The number of aliphatic hydroxyl groups excluding tert-OH is 1. The van der Waals surface area contributed by atoms with Gasteiger partial charge in [0.2, 0.25) is 0 Å². The van der Waals surface area contributed by atoms with E-state index in [1.807, 2.05) is 42.5 Å². The topological polar surface area (TPSA) is 41.5 Å². The Labute approximate surface area is 182 Å². The van der Waals surface area contributed by atoms with E-state index in [0.29, 0.717) is 5.75 Å². The largest absolute Gasteiger partial charge is 0.497 e. The van der Waals surface area contributed by atoms with E-state index in [1.54, 1.807) is 13.0 Å². The maximum absolute atomic E-state index is 13.8. The lowest BCUT2D eigenvalue weighted by Crippen LogP contribution is -2.56. The highest BCUT2D eigenvalue weighted by Gasteiger charge is 2.63. The fourth-order valence-corrected chi connectivity index (χ4v) is 5.10. The molecule has 3 unspecified atom stereocenters. The lowest BCUT2D eigenvalue weighted by atomic mass is 9.86. The molecule has 31 heavy (non-hydrogen) atoms. The van der Waals surface area contributed by atoms with Gasteiger partial charge in [0.05, 0.1) is 13.2 Å². The molecular formula is C22H24F5NO2S. The van der Waals surface area contributed by atoms with Gasteiger partial charge in [-0.15, -0.1) is 11.8 Å². The van der Waals surface area contributed by atoms with Gasteiger partial charge in [-0.1, -0.05) is 43.3 Å². The number of nitrogens with one attached hydrogen (secondary N) is 1. The van der Waals surface area contributed by atoms with E-state index in [2.05, 4.69) is 5.32 Å². The SMILES string of the molecule is CCC1(CC(O)C(F)(F)C(F)(F)F)CSc2cc(OC)ccc2C(c2ccccc2)N1. The number of hydrogen-bond donors (Lipinski definition) is 2. The zero-order valence-electron chi connectivity index (χ0n) is 17.0. The van der Waals surface area contributed by atoms with Crippen LogP contribution in [0.4, 0.5) is 22.0 Å². The van der Waals surface area contributed by atoms with Crippen LogP contribution >= 0.6 is 11.8 Å². The second-order valence-electron chi connectivity index (χ2n) is 7.65. The lowest BCUT2D eigenvalue weighted by Gasteiger charge is -2.39. The summed E-state index contributed by atoms with van der Waals surface area (Å²) < 4.78 is 71.5. The molecule has 3 rings (SSSR count). The Morgan fingerprint density at radius 3 is 2.42 bits per heavy atom. The maximum Gasteiger partial charge on any atom is 0.456 e. The number of methoxy groups -OCH3 is 1. The summed E-state index contributed by atoms with van der Waals surface area (Å²) in [4.78, 5) is 0.841. The molecule has 170 valence electrons. The smallest absolute Gasteiger partial charge is 0.456 e. The number of halogens is 5. The number of alkyl halides is 5. The van der Waals surface area contributed by atoms with Crippen LogP contribution in [0.5, 0.6) is 5.75 Å². The Kier molecular flexibility index (Phi) is 6.88. The molecule has 1 aliphatic heterocycles. The average Bonchev–Trinajstić information content (AvgIpc) is 2.90. The van der Waals surface area contributed by atoms with Crippen molar-refractivity contribution < 1.29 is 31.8 Å². The summed E-state index contributed by atoms with van der Waals surface area (Å²) in [7, 11) is 1.53. The summed E-state index contributed by atoms with van der Waals surface area (Å²) in [5.41, 5.74) is 0.543. The van der Waals surface area contributed by atoms with Crippen LogP contribution in [0.15, 0.2) is 53.4 Å². The van der Waals surface area contributed by atoms with Gasteiger partial charge in [-0.05, 0) is 36.1 Å². The molecule has 1 heterocycles. The van der Waals surface area contributed by atoms with Gasteiger partial charge in [0, 0.05) is 16.2 Å². The molecular weight excluding hydrogens is 437 g/mol. The Morgan fingerprint density at radius 2 is 1.84 bits per heavy atom. The van der Waals surface area contributed by atoms with E-state index in [0.717, 1.165) is 16.0 Å². The van der Waals surface area contributed by atoms with Gasteiger partial charge < -0.3 is 9.84 Å². The van der Waals surface area contributed by atoms with Gasteiger partial charge in [0.15, 0.2) is 0 Å². The molecule has 0 saturated carbocycles. The molecule has 2 aromatic carbocycles. The molecule has 2 aromatic rings. The molecule has 0 aliphatic carbocycles. The molecule has 2 N–H and O–H groups in total. The third-order valence-corrected chi connectivity index (χ3v) is 7.04. The number of benzene rings is 2. The van der Waals surface area contributed by atoms with Crippen molar-refractivity contribution in [3.63, 3.8) is 0 Å². The van der Waals surface area contributed by atoms with Gasteiger partial charge in [-0.2, -0.15) is 22.0 Å². The first-order valence-corrected chi connectivity index (χ1v) is 10.8. The summed E-state index contributed by atoms with van der Waals surface area (Å²) in [5, 5.41) is 13.3. The number of rotatable bonds is 6. The highest BCUT2D eigenvalue weighted by molar-refractivity contribution is 7.99. The Morgan fingerprint density at radius 1 is 1.16 bits per heavy atom. The number of ether oxygens (including phenoxy) is 1. The molecule has 3 atom stereocenters. The van der Waals surface area contributed by atoms with Crippen LogP contribution in [0.25, 0.3) is 0 Å². The minimum atomic E-state index is -5.83. The van der Waals surface area contributed by atoms with Crippen LogP contribution in [-0.4, -0.2) is 41.7 Å². The van der Waals surface area contributed by atoms with Gasteiger partial charge >= 0.3 is 12.1 Å². The van der Waals surface area contributed by atoms with Gasteiger partial charge in [0.1, 0.15) is 11.9 Å². The lowest BCUT2D eigenvalue weighted by molar-refractivity contribution is -0.315. The standard InChI is InChI=1S/C22H24F5NO2S/c1-3-20(12-18(29)21(23,24)22(25,26)27)13-31-17-11-15(30-2)9-10-16(17)19(28-20)14-7-5-4-6-8-14/h4-11,18-19,28-29H,3,12-13H2,1-2H3. The van der Waals surface area contributed by atoms with E-state index in [-0.39, 0.29) is 12.2 Å². The molecule has 0 bridgehead atoms. The van der Waals surface area contributed by atoms with Gasteiger partial charge in [-0.25, -0.2) is 0 Å². The van der Waals surface area contributed by atoms with E-state index < -0.39 is 36.2 Å². The highest BCUT2D eigenvalue weighted by Crippen LogP contribution is 2.45. The van der Waals surface area contributed by atoms with E-state index in [1.165, 1.54) is 18.9 Å². The van der Waals surface area contributed by atoms with Crippen LogP contribution in [0.2, 0.25) is 0 Å². The fraction of sp³-hybridized carbons (Fsp3) is 0.455. The molecule has 1 aliphatic rings. The van der Waals surface area contributed by atoms with Crippen molar-refractivity contribution in [2.75, 3.05) is 12.9 Å². The third-order valence-electron chi connectivity index (χ3n) is 5.68. The van der Waals surface area contributed by atoms with Crippen molar-refractivity contribution in [3.05, 3.63) is 59.7 Å². The van der Waals surface area contributed by atoms with Crippen molar-refractivity contribution in [1.82, 2.24) is 5.32 Å². The van der Waals surface area contributed by atoms with Gasteiger partial charge in [-0.3, -0.25) is 5.32 Å². The summed E-state index contributed by atoms with van der Waals surface area (Å²) in [6.07, 6.45) is -9.20. The third kappa shape index (κ3) is 4.83. The quantitative estimate of drug-likeness (QED) is 0.552. The van der Waals surface area contributed by atoms with Crippen LogP contribution < -0.4 is 10.1 Å². The van der Waals surface area contributed by atoms with Crippen LogP contribution in [0.3, 0.4) is 0 Å². The average molecular weight is 461 g/mol. The van der Waals surface area contributed by atoms with E-state index in [9.17, 15) is 27.1 Å². The predicted octanol–water partition coefficient (Wildman–Crippen LogP) is 5.58. The zero-order valence-corrected chi connectivity index (χ0v) is 17.9.